The van der Waals surface area contributed by atoms with Crippen LogP contribution < -0.4 is 28.1 Å². The van der Waals surface area contributed by atoms with Gasteiger partial charge in [0.25, 0.3) is 11.5 Å². The predicted octanol–water partition coefficient (Wildman–Crippen LogP) is -0.878. The van der Waals surface area contributed by atoms with Crippen molar-refractivity contribution < 1.29 is 4.79 Å². The molecule has 0 saturated heterocycles. The topological polar surface area (TPSA) is 128 Å². The minimum Gasteiger partial charge on any atom is -0.322 e. The summed E-state index contributed by atoms with van der Waals surface area (Å²) >= 11 is 0. The molecule has 0 saturated carbocycles. The fourth-order valence-corrected chi connectivity index (χ4v) is 1.56. The van der Waals surface area contributed by atoms with E-state index in [1.165, 1.54) is 6.07 Å². The number of rotatable bonds is 3. The third-order valence-electron chi connectivity index (χ3n) is 2.43. The third kappa shape index (κ3) is 2.44. The first-order chi connectivity index (χ1) is 9.17. The number of para-hydroxylation sites is 1. The van der Waals surface area contributed by atoms with E-state index in [4.69, 9.17) is 11.7 Å². The number of amides is 1. The molecule has 1 aromatic carbocycles. The summed E-state index contributed by atoms with van der Waals surface area (Å²) in [5.74, 6) is 9.65. The highest BCUT2D eigenvalue weighted by Crippen LogP contribution is 2.10. The van der Waals surface area contributed by atoms with Crippen LogP contribution >= 0.6 is 0 Å². The summed E-state index contributed by atoms with van der Waals surface area (Å²) in [7, 11) is 0. The Hall–Kier alpha value is -2.71. The van der Waals surface area contributed by atoms with E-state index in [2.05, 4.69) is 10.5 Å². The smallest absolute Gasteiger partial charge is 0.287 e. The molecular weight excluding hydrogens is 248 g/mol. The molecule has 6 N–H and O–H groups in total. The predicted molar refractivity (Wildman–Crippen MR) is 69.3 cm³/mol. The average Bonchev–Trinajstić information content (AvgIpc) is 2.47. The van der Waals surface area contributed by atoms with Crippen LogP contribution in [0.4, 0.5) is 5.69 Å². The average molecular weight is 260 g/mol. The summed E-state index contributed by atoms with van der Waals surface area (Å²) in [5.41, 5.74) is 4.31. The van der Waals surface area contributed by atoms with Crippen molar-refractivity contribution in [1.29, 1.82) is 0 Å². The molecule has 8 heteroatoms. The van der Waals surface area contributed by atoms with Gasteiger partial charge in [-0.1, -0.05) is 18.2 Å². The molecule has 0 bridgehead atoms. The second kappa shape index (κ2) is 5.29. The molecule has 2 rings (SSSR count). The van der Waals surface area contributed by atoms with Gasteiger partial charge in [0.05, 0.1) is 11.4 Å². The minimum absolute atomic E-state index is 0.0755. The number of aromatic nitrogens is 2. The molecule has 8 nitrogen and oxygen atoms in total. The molecule has 0 radical (unpaired) electrons. The molecule has 98 valence electrons. The second-order valence-corrected chi connectivity index (χ2v) is 3.61. The van der Waals surface area contributed by atoms with Gasteiger partial charge in [-0.3, -0.25) is 20.9 Å². The van der Waals surface area contributed by atoms with Gasteiger partial charge in [-0.05, 0) is 12.1 Å². The van der Waals surface area contributed by atoms with Crippen LogP contribution in [0.25, 0.3) is 5.69 Å². The Morgan fingerprint density at radius 3 is 2.47 bits per heavy atom. The summed E-state index contributed by atoms with van der Waals surface area (Å²) in [6.45, 7) is 0. The lowest BCUT2D eigenvalue weighted by atomic mass is 10.3. The zero-order valence-corrected chi connectivity index (χ0v) is 9.83. The largest absolute Gasteiger partial charge is 0.322 e. The van der Waals surface area contributed by atoms with Crippen molar-refractivity contribution in [2.75, 3.05) is 5.43 Å². The quantitative estimate of drug-likeness (QED) is 0.322. The molecule has 0 aliphatic carbocycles. The maximum Gasteiger partial charge on any atom is 0.287 e. The number of nitrogens with zero attached hydrogens (tertiary/aromatic N) is 2. The number of nitrogens with two attached hydrogens (primary N) is 2. The normalized spacial score (nSPS) is 10.0. The monoisotopic (exact) mass is 260 g/mol. The van der Waals surface area contributed by atoms with Gasteiger partial charge in [0, 0.05) is 6.07 Å². The van der Waals surface area contributed by atoms with Crippen LogP contribution in [0.1, 0.15) is 10.5 Å². The van der Waals surface area contributed by atoms with E-state index in [0.717, 1.165) is 4.68 Å². The lowest BCUT2D eigenvalue weighted by molar-refractivity contribution is 0.0948. The van der Waals surface area contributed by atoms with Crippen molar-refractivity contribution in [3.63, 3.8) is 0 Å². The Morgan fingerprint density at radius 1 is 1.21 bits per heavy atom. The first-order valence-corrected chi connectivity index (χ1v) is 5.34. The fourth-order valence-electron chi connectivity index (χ4n) is 1.56. The molecule has 1 amide bonds. The van der Waals surface area contributed by atoms with Crippen LogP contribution in [0.3, 0.4) is 0 Å². The zero-order valence-electron chi connectivity index (χ0n) is 9.83. The van der Waals surface area contributed by atoms with E-state index >= 15 is 0 Å². The zero-order chi connectivity index (χ0) is 13.8. The Kier molecular flexibility index (Phi) is 3.55. The number of hydrogen-bond acceptors (Lipinski definition) is 6. The van der Waals surface area contributed by atoms with Crippen molar-refractivity contribution in [3.8, 4) is 5.69 Å². The number of hydrogen-bond donors (Lipinski definition) is 4. The van der Waals surface area contributed by atoms with Crippen LogP contribution in [-0.2, 0) is 0 Å². The highest BCUT2D eigenvalue weighted by atomic mass is 16.2. The number of hydrazine groups is 2. The van der Waals surface area contributed by atoms with E-state index in [1.54, 1.807) is 30.3 Å². The Morgan fingerprint density at radius 2 is 1.89 bits per heavy atom. The van der Waals surface area contributed by atoms with Gasteiger partial charge >= 0.3 is 0 Å². The van der Waals surface area contributed by atoms with E-state index in [9.17, 15) is 9.59 Å². The van der Waals surface area contributed by atoms with Crippen LogP contribution in [0.15, 0.2) is 41.2 Å². The number of anilines is 1. The number of carbonyl (C=O) groups is 1. The van der Waals surface area contributed by atoms with Gasteiger partial charge in [-0.15, -0.1) is 0 Å². The summed E-state index contributed by atoms with van der Waals surface area (Å²) < 4.78 is 1.09. The molecule has 0 atom stereocenters. The van der Waals surface area contributed by atoms with Crippen LogP contribution in [0, 0.1) is 0 Å². The molecule has 0 spiro atoms. The van der Waals surface area contributed by atoms with Gasteiger partial charge in [0.2, 0.25) is 0 Å². The SMILES string of the molecule is NNC(=O)c1nn(-c2ccccc2)c(=O)cc1NN. The van der Waals surface area contributed by atoms with Crippen molar-refractivity contribution in [2.45, 2.75) is 0 Å². The minimum atomic E-state index is -0.655. The summed E-state index contributed by atoms with van der Waals surface area (Å²) in [6.07, 6.45) is 0. The molecule has 1 heterocycles. The summed E-state index contributed by atoms with van der Waals surface area (Å²) in [4.78, 5) is 23.5. The van der Waals surface area contributed by atoms with E-state index in [-0.39, 0.29) is 11.4 Å². The third-order valence-corrected chi connectivity index (χ3v) is 2.43. The summed E-state index contributed by atoms with van der Waals surface area (Å²) in [6, 6.07) is 9.85. The molecule has 19 heavy (non-hydrogen) atoms. The number of carbonyl (C=O) groups excluding carboxylic acids is 1. The number of nitrogens with one attached hydrogen (secondary N) is 2. The fraction of sp³-hybridized carbons (Fsp3) is 0. The number of nitrogen functional groups attached to an aromatic ring is 2. The van der Waals surface area contributed by atoms with Crippen LogP contribution in [-0.4, -0.2) is 15.7 Å². The molecule has 0 aliphatic rings. The van der Waals surface area contributed by atoms with Gasteiger partial charge in [0.1, 0.15) is 0 Å². The lowest BCUT2D eigenvalue weighted by Crippen LogP contribution is -2.35. The highest BCUT2D eigenvalue weighted by Gasteiger charge is 2.15. The van der Waals surface area contributed by atoms with E-state index in [0.29, 0.717) is 5.69 Å². The first kappa shape index (κ1) is 12.7. The molecule has 0 aliphatic heterocycles. The van der Waals surface area contributed by atoms with Gasteiger partial charge in [-0.2, -0.15) is 9.78 Å². The second-order valence-electron chi connectivity index (χ2n) is 3.61. The van der Waals surface area contributed by atoms with Gasteiger partial charge in [-0.25, -0.2) is 5.84 Å². The highest BCUT2D eigenvalue weighted by molar-refractivity contribution is 5.96. The number of benzene rings is 1. The maximum absolute atomic E-state index is 11.9. The first-order valence-electron chi connectivity index (χ1n) is 5.34. The van der Waals surface area contributed by atoms with E-state index < -0.39 is 11.5 Å². The van der Waals surface area contributed by atoms with Crippen molar-refractivity contribution >= 4 is 11.6 Å². The van der Waals surface area contributed by atoms with Crippen molar-refractivity contribution in [3.05, 3.63) is 52.4 Å². The van der Waals surface area contributed by atoms with Gasteiger partial charge < -0.3 is 5.43 Å². The van der Waals surface area contributed by atoms with Crippen LogP contribution in [0.2, 0.25) is 0 Å². The molecule has 0 unspecified atom stereocenters. The molecular formula is C11H12N6O2. The van der Waals surface area contributed by atoms with Crippen LogP contribution in [0.5, 0.6) is 0 Å². The standard InChI is InChI=1S/C11H12N6O2/c12-14-8-6-9(18)17(7-4-2-1-3-5-7)16-10(8)11(19)15-13/h1-6,14H,12-13H2,(H,15,19). The summed E-state index contributed by atoms with van der Waals surface area (Å²) in [5, 5.41) is 3.95. The van der Waals surface area contributed by atoms with E-state index in [1.807, 2.05) is 5.43 Å². The van der Waals surface area contributed by atoms with Crippen molar-refractivity contribution in [1.82, 2.24) is 15.2 Å². The molecule has 2 aromatic rings. The molecule has 0 fully saturated rings. The lowest BCUT2D eigenvalue weighted by Gasteiger charge is -2.10. The van der Waals surface area contributed by atoms with Gasteiger partial charge in [0.15, 0.2) is 5.69 Å². The Bertz CT molecular complexity index is 652. The Labute approximate surface area is 108 Å². The Balaban J connectivity index is 2.64. The van der Waals surface area contributed by atoms with Crippen molar-refractivity contribution in [2.24, 2.45) is 11.7 Å². The molecule has 1 aromatic heterocycles. The maximum atomic E-state index is 11.9.